The van der Waals surface area contributed by atoms with Crippen LogP contribution < -0.4 is 0 Å². The van der Waals surface area contributed by atoms with Gasteiger partial charge in [0.1, 0.15) is 0 Å². The molecule has 4 heteroatoms. The maximum Gasteiger partial charge on any atom is 0.410 e. The molecule has 2 heterocycles. The molecule has 0 unspecified atom stereocenters. The number of rotatable bonds is 1. The van der Waals surface area contributed by atoms with Gasteiger partial charge in [-0.1, -0.05) is 11.6 Å². The monoisotopic (exact) mass is 197 g/mol. The molecule has 1 saturated heterocycles. The van der Waals surface area contributed by atoms with Crippen LogP contribution in [0, 0.1) is 0 Å². The summed E-state index contributed by atoms with van der Waals surface area (Å²) in [6.45, 7) is 4.64. The fourth-order valence-corrected chi connectivity index (χ4v) is 1.44. The van der Waals surface area contributed by atoms with E-state index in [-0.39, 0.29) is 12.2 Å². The lowest BCUT2D eigenvalue weighted by Gasteiger charge is -2.30. The van der Waals surface area contributed by atoms with E-state index in [1.54, 1.807) is 4.90 Å². The molecule has 2 aliphatic rings. The summed E-state index contributed by atoms with van der Waals surface area (Å²) < 4.78 is 10.1. The summed E-state index contributed by atoms with van der Waals surface area (Å²) in [5, 5.41) is 0. The van der Waals surface area contributed by atoms with E-state index >= 15 is 0 Å². The number of carbonyl (C=O) groups excluding carboxylic acids is 1. The highest BCUT2D eigenvalue weighted by Crippen LogP contribution is 2.13. The molecule has 0 aromatic heterocycles. The Hall–Kier alpha value is -1.03. The van der Waals surface area contributed by atoms with E-state index in [1.165, 1.54) is 5.57 Å². The number of hydrogen-bond acceptors (Lipinski definition) is 3. The Labute approximate surface area is 83.5 Å². The van der Waals surface area contributed by atoms with Crippen LogP contribution in [0.4, 0.5) is 4.79 Å². The van der Waals surface area contributed by atoms with Crippen LogP contribution in [0.1, 0.15) is 13.3 Å². The molecule has 0 spiro atoms. The normalized spacial score (nSPS) is 22.6. The molecule has 1 amide bonds. The molecule has 2 aliphatic heterocycles. The maximum absolute atomic E-state index is 11.5. The third-order valence-corrected chi connectivity index (χ3v) is 2.57. The summed E-state index contributed by atoms with van der Waals surface area (Å²) in [5.74, 6) is 0. The number of amides is 1. The van der Waals surface area contributed by atoms with Gasteiger partial charge in [0, 0.05) is 13.1 Å². The molecule has 0 aliphatic carbocycles. The van der Waals surface area contributed by atoms with Crippen LogP contribution in [0.15, 0.2) is 11.6 Å². The molecule has 2 rings (SSSR count). The highest BCUT2D eigenvalue weighted by Gasteiger charge is 2.26. The zero-order valence-corrected chi connectivity index (χ0v) is 8.36. The van der Waals surface area contributed by atoms with Crippen LogP contribution in [0.25, 0.3) is 0 Å². The van der Waals surface area contributed by atoms with Crippen LogP contribution in [0.5, 0.6) is 0 Å². The van der Waals surface area contributed by atoms with Crippen molar-refractivity contribution in [3.8, 4) is 0 Å². The average molecular weight is 197 g/mol. The minimum atomic E-state index is -0.206. The lowest BCUT2D eigenvalue weighted by atomic mass is 10.1. The van der Waals surface area contributed by atoms with E-state index in [0.717, 1.165) is 13.0 Å². The van der Waals surface area contributed by atoms with Gasteiger partial charge in [-0.2, -0.15) is 0 Å². The third kappa shape index (κ3) is 2.07. The first-order valence-electron chi connectivity index (χ1n) is 4.94. The van der Waals surface area contributed by atoms with Crippen molar-refractivity contribution in [2.45, 2.75) is 19.4 Å². The molecule has 1 fully saturated rings. The Balaban J connectivity index is 1.80. The van der Waals surface area contributed by atoms with E-state index < -0.39 is 0 Å². The molecule has 0 bridgehead atoms. The first-order chi connectivity index (χ1) is 6.75. The van der Waals surface area contributed by atoms with Crippen LogP contribution in [0.3, 0.4) is 0 Å². The van der Waals surface area contributed by atoms with Crippen molar-refractivity contribution in [1.29, 1.82) is 0 Å². The van der Waals surface area contributed by atoms with Crippen molar-refractivity contribution < 1.29 is 14.3 Å². The lowest BCUT2D eigenvalue weighted by Crippen LogP contribution is -2.43. The number of nitrogens with zero attached hydrogens (tertiary/aromatic N) is 1. The van der Waals surface area contributed by atoms with Crippen LogP contribution in [-0.4, -0.2) is 43.4 Å². The van der Waals surface area contributed by atoms with E-state index in [2.05, 4.69) is 13.0 Å². The van der Waals surface area contributed by atoms with Gasteiger partial charge in [0.2, 0.25) is 0 Å². The minimum absolute atomic E-state index is 0.0190. The average Bonchev–Trinajstić information content (AvgIpc) is 2.12. The Morgan fingerprint density at radius 1 is 1.64 bits per heavy atom. The molecule has 0 radical (unpaired) electrons. The molecule has 4 nitrogen and oxygen atoms in total. The van der Waals surface area contributed by atoms with Gasteiger partial charge in [0.15, 0.2) is 6.10 Å². The summed E-state index contributed by atoms with van der Waals surface area (Å²) in [4.78, 5) is 13.3. The number of ether oxygens (including phenoxy) is 2. The van der Waals surface area contributed by atoms with Gasteiger partial charge < -0.3 is 14.4 Å². The van der Waals surface area contributed by atoms with Crippen molar-refractivity contribution in [2.24, 2.45) is 0 Å². The predicted molar refractivity (Wildman–Crippen MR) is 51.0 cm³/mol. The standard InChI is InChI=1S/C10H15NO3/c1-8-2-4-11(5-3-8)10(12)14-9-6-13-7-9/h2,9H,3-7H2,1H3. The Bertz CT molecular complexity index is 258. The highest BCUT2D eigenvalue weighted by atomic mass is 16.6. The van der Waals surface area contributed by atoms with Crippen molar-refractivity contribution >= 4 is 6.09 Å². The maximum atomic E-state index is 11.5. The largest absolute Gasteiger partial charge is 0.441 e. The Morgan fingerprint density at radius 3 is 2.93 bits per heavy atom. The van der Waals surface area contributed by atoms with Crippen molar-refractivity contribution in [3.63, 3.8) is 0 Å². The summed E-state index contributed by atoms with van der Waals surface area (Å²) in [6, 6.07) is 0. The molecule has 14 heavy (non-hydrogen) atoms. The molecule has 0 saturated carbocycles. The fourth-order valence-electron chi connectivity index (χ4n) is 1.44. The zero-order chi connectivity index (χ0) is 9.97. The summed E-state index contributed by atoms with van der Waals surface area (Å²) in [6.07, 6.45) is 2.80. The van der Waals surface area contributed by atoms with Gasteiger partial charge in [-0.05, 0) is 13.3 Å². The van der Waals surface area contributed by atoms with Crippen LogP contribution in [-0.2, 0) is 9.47 Å². The van der Waals surface area contributed by atoms with Crippen LogP contribution in [0.2, 0.25) is 0 Å². The second-order valence-electron chi connectivity index (χ2n) is 3.79. The fraction of sp³-hybridized carbons (Fsp3) is 0.700. The van der Waals surface area contributed by atoms with Crippen molar-refractivity contribution in [3.05, 3.63) is 11.6 Å². The van der Waals surface area contributed by atoms with Crippen molar-refractivity contribution in [2.75, 3.05) is 26.3 Å². The van der Waals surface area contributed by atoms with Gasteiger partial charge in [-0.15, -0.1) is 0 Å². The lowest BCUT2D eigenvalue weighted by molar-refractivity contribution is -0.104. The summed E-state index contributed by atoms with van der Waals surface area (Å²) >= 11 is 0. The topological polar surface area (TPSA) is 38.8 Å². The van der Waals surface area contributed by atoms with Gasteiger partial charge in [-0.25, -0.2) is 4.79 Å². The molecule has 0 N–H and O–H groups in total. The van der Waals surface area contributed by atoms with Gasteiger partial charge in [0.05, 0.1) is 13.2 Å². The van der Waals surface area contributed by atoms with Crippen LogP contribution >= 0.6 is 0 Å². The zero-order valence-electron chi connectivity index (χ0n) is 8.36. The molecular formula is C10H15NO3. The first-order valence-corrected chi connectivity index (χ1v) is 4.94. The minimum Gasteiger partial charge on any atom is -0.441 e. The predicted octanol–water partition coefficient (Wildman–Crippen LogP) is 1.17. The molecule has 0 atom stereocenters. The van der Waals surface area contributed by atoms with Crippen molar-refractivity contribution in [1.82, 2.24) is 4.90 Å². The molecule has 0 aromatic rings. The second kappa shape index (κ2) is 4.00. The smallest absolute Gasteiger partial charge is 0.410 e. The number of hydrogen-bond donors (Lipinski definition) is 0. The first kappa shape index (κ1) is 9.52. The highest BCUT2D eigenvalue weighted by molar-refractivity contribution is 5.68. The Morgan fingerprint density at radius 2 is 2.43 bits per heavy atom. The second-order valence-corrected chi connectivity index (χ2v) is 3.79. The molecule has 0 aromatic carbocycles. The van der Waals surface area contributed by atoms with Gasteiger partial charge in [-0.3, -0.25) is 0 Å². The summed E-state index contributed by atoms with van der Waals surface area (Å²) in [7, 11) is 0. The molecule has 78 valence electrons. The summed E-state index contributed by atoms with van der Waals surface area (Å²) in [5.41, 5.74) is 1.35. The van der Waals surface area contributed by atoms with E-state index in [0.29, 0.717) is 19.8 Å². The van der Waals surface area contributed by atoms with Gasteiger partial charge >= 0.3 is 6.09 Å². The third-order valence-electron chi connectivity index (χ3n) is 2.57. The number of carbonyl (C=O) groups is 1. The van der Waals surface area contributed by atoms with E-state index in [4.69, 9.17) is 9.47 Å². The van der Waals surface area contributed by atoms with E-state index in [9.17, 15) is 4.79 Å². The SMILES string of the molecule is CC1=CCN(C(=O)OC2COC2)CC1. The quantitative estimate of drug-likeness (QED) is 0.592. The Kier molecular flexibility index (Phi) is 2.72. The van der Waals surface area contributed by atoms with E-state index in [1.807, 2.05) is 0 Å². The molecular weight excluding hydrogens is 182 g/mol. The van der Waals surface area contributed by atoms with Gasteiger partial charge in [0.25, 0.3) is 0 Å².